The highest BCUT2D eigenvalue weighted by Crippen LogP contribution is 2.23. The number of carbonyl (C=O) groups excluding carboxylic acids is 1. The van der Waals surface area contributed by atoms with E-state index in [1.807, 2.05) is 26.0 Å². The second-order valence-corrected chi connectivity index (χ2v) is 5.53. The number of nitrogens with one attached hydrogen (secondary N) is 3. The third-order valence-electron chi connectivity index (χ3n) is 3.42. The van der Waals surface area contributed by atoms with Crippen LogP contribution in [0.2, 0.25) is 0 Å². The predicted octanol–water partition coefficient (Wildman–Crippen LogP) is 2.76. The van der Waals surface area contributed by atoms with Crippen LogP contribution in [-0.2, 0) is 0 Å². The van der Waals surface area contributed by atoms with E-state index in [1.54, 1.807) is 29.2 Å². The molecule has 0 bridgehead atoms. The predicted molar refractivity (Wildman–Crippen MR) is 91.8 cm³/mol. The second-order valence-electron chi connectivity index (χ2n) is 5.53. The highest BCUT2D eigenvalue weighted by molar-refractivity contribution is 6.01. The maximum absolute atomic E-state index is 12.3. The quantitative estimate of drug-likeness (QED) is 0.675. The van der Waals surface area contributed by atoms with Gasteiger partial charge in [-0.15, -0.1) is 0 Å². The average Bonchev–Trinajstić information content (AvgIpc) is 3.22. The van der Waals surface area contributed by atoms with E-state index >= 15 is 0 Å². The van der Waals surface area contributed by atoms with Gasteiger partial charge in [-0.25, -0.2) is 4.79 Å². The van der Waals surface area contributed by atoms with Crippen LogP contribution < -0.4 is 10.6 Å². The van der Waals surface area contributed by atoms with Gasteiger partial charge in [-0.2, -0.15) is 15.5 Å². The minimum Gasteiger partial charge on any atom is -0.304 e. The van der Waals surface area contributed by atoms with Crippen LogP contribution in [0.15, 0.2) is 36.8 Å². The molecule has 3 rings (SSSR count). The molecular weight excluding hydrogens is 320 g/mol. The minimum absolute atomic E-state index is 0.0790. The van der Waals surface area contributed by atoms with Crippen LogP contribution in [-0.4, -0.2) is 31.0 Å². The van der Waals surface area contributed by atoms with Crippen molar-refractivity contribution in [3.8, 4) is 17.5 Å². The molecule has 0 aliphatic heterocycles. The zero-order chi connectivity index (χ0) is 17.8. The number of rotatable bonds is 4. The zero-order valence-corrected chi connectivity index (χ0v) is 13.7. The van der Waals surface area contributed by atoms with Crippen LogP contribution in [0.1, 0.15) is 25.5 Å². The molecule has 0 spiro atoms. The fourth-order valence-electron chi connectivity index (χ4n) is 2.18. The normalized spacial score (nSPS) is 10.5. The van der Waals surface area contributed by atoms with Gasteiger partial charge in [-0.05, 0) is 26.0 Å². The number of nitrogens with zero attached hydrogens (tertiary/aromatic N) is 5. The maximum atomic E-state index is 12.3. The van der Waals surface area contributed by atoms with Crippen molar-refractivity contribution in [2.75, 3.05) is 10.6 Å². The monoisotopic (exact) mass is 336 g/mol. The van der Waals surface area contributed by atoms with Gasteiger partial charge in [0.15, 0.2) is 5.82 Å². The van der Waals surface area contributed by atoms with E-state index in [9.17, 15) is 10.1 Å². The Bertz CT molecular complexity index is 919. The standard InChI is InChI=1S/C16H16N8O/c1-10(2)24-9-11(7-17)15(23-24)21-16(25)20-13-8-19-22-14(13)12-5-3-4-6-18-12/h3-6,8-10H,1-2H3,(H,19,22)(H2,20,21,23,25). The summed E-state index contributed by atoms with van der Waals surface area (Å²) in [6.07, 6.45) is 4.73. The molecule has 0 unspecified atom stereocenters. The first-order valence-electron chi connectivity index (χ1n) is 7.60. The summed E-state index contributed by atoms with van der Waals surface area (Å²) in [5.74, 6) is 0.205. The zero-order valence-electron chi connectivity index (χ0n) is 13.7. The van der Waals surface area contributed by atoms with Crippen molar-refractivity contribution in [1.29, 1.82) is 5.26 Å². The molecule has 3 aromatic rings. The van der Waals surface area contributed by atoms with Gasteiger partial charge in [0.25, 0.3) is 0 Å². The van der Waals surface area contributed by atoms with Gasteiger partial charge in [0.2, 0.25) is 0 Å². The lowest BCUT2D eigenvalue weighted by molar-refractivity contribution is 0.262. The maximum Gasteiger partial charge on any atom is 0.325 e. The Morgan fingerprint density at radius 3 is 2.88 bits per heavy atom. The van der Waals surface area contributed by atoms with Gasteiger partial charge in [-0.3, -0.25) is 20.1 Å². The smallest absolute Gasteiger partial charge is 0.304 e. The molecule has 2 amide bonds. The average molecular weight is 336 g/mol. The number of urea groups is 1. The van der Waals surface area contributed by atoms with Crippen molar-refractivity contribution in [3.05, 3.63) is 42.4 Å². The van der Waals surface area contributed by atoms with Crippen LogP contribution in [0, 0.1) is 11.3 Å². The van der Waals surface area contributed by atoms with Crippen molar-refractivity contribution in [1.82, 2.24) is 25.0 Å². The molecule has 0 aromatic carbocycles. The van der Waals surface area contributed by atoms with Gasteiger partial charge in [0.05, 0.1) is 17.6 Å². The van der Waals surface area contributed by atoms with Crippen LogP contribution in [0.25, 0.3) is 11.4 Å². The molecule has 3 heterocycles. The number of aromatic amines is 1. The van der Waals surface area contributed by atoms with Crippen molar-refractivity contribution < 1.29 is 4.79 Å². The minimum atomic E-state index is -0.524. The van der Waals surface area contributed by atoms with Gasteiger partial charge in [-0.1, -0.05) is 6.07 Å². The molecular formula is C16H16N8O. The molecule has 3 aromatic heterocycles. The lowest BCUT2D eigenvalue weighted by atomic mass is 10.2. The summed E-state index contributed by atoms with van der Waals surface area (Å²) in [6.45, 7) is 3.87. The Morgan fingerprint density at radius 2 is 2.20 bits per heavy atom. The number of pyridine rings is 1. The van der Waals surface area contributed by atoms with E-state index in [0.29, 0.717) is 22.6 Å². The molecule has 0 radical (unpaired) electrons. The first-order chi connectivity index (χ1) is 12.1. The Hall–Kier alpha value is -3.67. The lowest BCUT2D eigenvalue weighted by Crippen LogP contribution is -2.20. The summed E-state index contributed by atoms with van der Waals surface area (Å²) in [4.78, 5) is 16.5. The Kier molecular flexibility index (Phi) is 4.43. The molecule has 0 saturated heterocycles. The van der Waals surface area contributed by atoms with Crippen LogP contribution in [0.3, 0.4) is 0 Å². The number of aromatic nitrogens is 5. The summed E-state index contributed by atoms with van der Waals surface area (Å²) < 4.78 is 1.62. The first kappa shape index (κ1) is 16.2. The third-order valence-corrected chi connectivity index (χ3v) is 3.42. The lowest BCUT2D eigenvalue weighted by Gasteiger charge is -2.07. The summed E-state index contributed by atoms with van der Waals surface area (Å²) in [7, 11) is 0. The number of amides is 2. The Labute approximate surface area is 143 Å². The van der Waals surface area contributed by atoms with Gasteiger partial charge >= 0.3 is 6.03 Å². The van der Waals surface area contributed by atoms with Crippen molar-refractivity contribution in [3.63, 3.8) is 0 Å². The fraction of sp³-hybridized carbons (Fsp3) is 0.188. The molecule has 0 saturated carbocycles. The Balaban J connectivity index is 1.77. The number of hydrogen-bond acceptors (Lipinski definition) is 5. The Morgan fingerprint density at radius 1 is 1.36 bits per heavy atom. The van der Waals surface area contributed by atoms with Gasteiger partial charge in [0, 0.05) is 18.4 Å². The molecule has 126 valence electrons. The van der Waals surface area contributed by atoms with Crippen LogP contribution in [0.4, 0.5) is 16.3 Å². The molecule has 0 aliphatic carbocycles. The van der Waals surface area contributed by atoms with Crippen molar-refractivity contribution >= 4 is 17.5 Å². The molecule has 0 fully saturated rings. The van der Waals surface area contributed by atoms with Crippen LogP contribution in [0.5, 0.6) is 0 Å². The first-order valence-corrected chi connectivity index (χ1v) is 7.60. The number of H-pyrrole nitrogens is 1. The number of anilines is 2. The van der Waals surface area contributed by atoms with Crippen LogP contribution >= 0.6 is 0 Å². The van der Waals surface area contributed by atoms with E-state index < -0.39 is 6.03 Å². The number of hydrogen-bond donors (Lipinski definition) is 3. The largest absolute Gasteiger partial charge is 0.325 e. The molecule has 0 atom stereocenters. The fourth-order valence-corrected chi connectivity index (χ4v) is 2.18. The number of carbonyl (C=O) groups is 1. The molecule has 9 nitrogen and oxygen atoms in total. The molecule has 9 heteroatoms. The van der Waals surface area contributed by atoms with E-state index in [2.05, 4.69) is 30.9 Å². The van der Waals surface area contributed by atoms with E-state index in [1.165, 1.54) is 6.20 Å². The van der Waals surface area contributed by atoms with Crippen molar-refractivity contribution in [2.45, 2.75) is 19.9 Å². The summed E-state index contributed by atoms with van der Waals surface area (Å²) in [5, 5.41) is 25.4. The summed E-state index contributed by atoms with van der Waals surface area (Å²) >= 11 is 0. The van der Waals surface area contributed by atoms with E-state index in [0.717, 1.165) is 0 Å². The van der Waals surface area contributed by atoms with Gasteiger partial charge in [0.1, 0.15) is 17.3 Å². The highest BCUT2D eigenvalue weighted by atomic mass is 16.2. The third kappa shape index (κ3) is 3.48. The molecule has 25 heavy (non-hydrogen) atoms. The highest BCUT2D eigenvalue weighted by Gasteiger charge is 2.16. The molecule has 3 N–H and O–H groups in total. The second kappa shape index (κ2) is 6.84. The van der Waals surface area contributed by atoms with Crippen molar-refractivity contribution in [2.24, 2.45) is 0 Å². The van der Waals surface area contributed by atoms with E-state index in [-0.39, 0.29) is 11.9 Å². The van der Waals surface area contributed by atoms with E-state index in [4.69, 9.17) is 0 Å². The summed E-state index contributed by atoms with van der Waals surface area (Å²) in [5.41, 5.74) is 2.00. The number of nitriles is 1. The molecule has 0 aliphatic rings. The topological polar surface area (TPSA) is 124 Å². The summed E-state index contributed by atoms with van der Waals surface area (Å²) in [6, 6.07) is 7.01. The SMILES string of the molecule is CC(C)n1cc(C#N)c(NC(=O)Nc2cn[nH]c2-c2ccccn2)n1. The van der Waals surface area contributed by atoms with Gasteiger partial charge < -0.3 is 5.32 Å².